The van der Waals surface area contributed by atoms with Crippen molar-refractivity contribution in [1.82, 2.24) is 0 Å². The lowest BCUT2D eigenvalue weighted by atomic mass is 10.2. The Kier molecular flexibility index (Phi) is 10.4. The van der Waals surface area contributed by atoms with Crippen LogP contribution in [-0.4, -0.2) is 0 Å². The van der Waals surface area contributed by atoms with E-state index in [1.165, 1.54) is 21.5 Å². The maximum absolute atomic E-state index is 2.30. The summed E-state index contributed by atoms with van der Waals surface area (Å²) >= 11 is 0. The molecule has 0 aliphatic heterocycles. The summed E-state index contributed by atoms with van der Waals surface area (Å²) in [5.41, 5.74) is 1.39. The van der Waals surface area contributed by atoms with Gasteiger partial charge in [0, 0.05) is 0 Å². The first-order chi connectivity index (χ1) is 12.9. The van der Waals surface area contributed by atoms with E-state index in [-0.39, 0.29) is 37.2 Å². The first-order valence-electron chi connectivity index (χ1n) is 8.98. The van der Waals surface area contributed by atoms with Gasteiger partial charge in [0.2, 0.25) is 0 Å². The molecule has 0 aromatic heterocycles. The van der Waals surface area contributed by atoms with Gasteiger partial charge in [-0.1, -0.05) is 84.9 Å². The summed E-state index contributed by atoms with van der Waals surface area (Å²) in [6.07, 6.45) is 1.03. The highest BCUT2D eigenvalue weighted by Gasteiger charge is 2.45. The van der Waals surface area contributed by atoms with Gasteiger partial charge in [-0.2, -0.15) is 0 Å². The van der Waals surface area contributed by atoms with Crippen molar-refractivity contribution in [2.75, 3.05) is 0 Å². The molecule has 0 N–H and O–H groups in total. The first-order valence-corrected chi connectivity index (χ1v) is 11.0. The lowest BCUT2D eigenvalue weighted by Crippen LogP contribution is -2.32. The highest BCUT2D eigenvalue weighted by Crippen LogP contribution is 2.58. The van der Waals surface area contributed by atoms with Crippen molar-refractivity contribution in [1.29, 1.82) is 0 Å². The van der Waals surface area contributed by atoms with Crippen LogP contribution in [0.15, 0.2) is 121 Å². The largest absolute Gasteiger partial charge is 0.147 e. The number of hydrogen-bond donors (Lipinski definition) is 0. The molecule has 0 unspecified atom stereocenters. The fraction of sp³-hybridized carbons (Fsp3) is 0.0400. The second kappa shape index (κ2) is 12.0. The zero-order valence-electron chi connectivity index (χ0n) is 15.9. The number of benzene rings is 4. The number of halogens is 3. The smallest absolute Gasteiger partial charge is 0.116 e. The standard InChI is InChI=1S/C25H22P.3ClH/c1-5-13-22(14-6-1)21-26(23-15-7-2-8-16-23,24-17-9-3-10-18-24)25-19-11-4-12-20-25;;;/h1-20H,21H2;3*1H/q+1;;;. The maximum Gasteiger partial charge on any atom is 0.116 e. The van der Waals surface area contributed by atoms with Crippen molar-refractivity contribution in [3.05, 3.63) is 127 Å². The Labute approximate surface area is 193 Å². The van der Waals surface area contributed by atoms with E-state index in [9.17, 15) is 0 Å². The van der Waals surface area contributed by atoms with Crippen LogP contribution in [0.2, 0.25) is 0 Å². The van der Waals surface area contributed by atoms with Gasteiger partial charge >= 0.3 is 0 Å². The van der Waals surface area contributed by atoms with Crippen LogP contribution in [0.5, 0.6) is 0 Å². The Bertz CT molecular complexity index is 850. The predicted molar refractivity (Wildman–Crippen MR) is 137 cm³/mol. The topological polar surface area (TPSA) is 0 Å². The Morgan fingerprint density at radius 3 is 0.966 bits per heavy atom. The molecule has 0 amide bonds. The molecule has 0 spiro atoms. The lowest BCUT2D eigenvalue weighted by Gasteiger charge is -2.27. The first kappa shape index (κ1) is 25.2. The number of rotatable bonds is 5. The molecule has 29 heavy (non-hydrogen) atoms. The van der Waals surface area contributed by atoms with Crippen LogP contribution in [0.3, 0.4) is 0 Å². The molecule has 4 aromatic carbocycles. The van der Waals surface area contributed by atoms with Gasteiger partial charge in [0.1, 0.15) is 23.2 Å². The van der Waals surface area contributed by atoms with Gasteiger partial charge < -0.3 is 0 Å². The van der Waals surface area contributed by atoms with Crippen molar-refractivity contribution >= 4 is 60.4 Å². The fourth-order valence-electron chi connectivity index (χ4n) is 3.63. The summed E-state index contributed by atoms with van der Waals surface area (Å²) in [5, 5.41) is 4.30. The monoisotopic (exact) mass is 461 g/mol. The van der Waals surface area contributed by atoms with Gasteiger partial charge in [0.15, 0.2) is 0 Å². The van der Waals surface area contributed by atoms with Crippen LogP contribution in [0.1, 0.15) is 5.56 Å². The van der Waals surface area contributed by atoms with Crippen LogP contribution in [0.4, 0.5) is 0 Å². The molecule has 0 aliphatic carbocycles. The highest BCUT2D eigenvalue weighted by molar-refractivity contribution is 7.95. The van der Waals surface area contributed by atoms with Crippen LogP contribution in [0.25, 0.3) is 0 Å². The van der Waals surface area contributed by atoms with E-state index >= 15 is 0 Å². The molecular weight excluding hydrogens is 438 g/mol. The average molecular weight is 463 g/mol. The van der Waals surface area contributed by atoms with Gasteiger partial charge in [0.05, 0.1) is 6.16 Å². The highest BCUT2D eigenvalue weighted by atomic mass is 35.5. The van der Waals surface area contributed by atoms with Crippen molar-refractivity contribution < 1.29 is 0 Å². The molecule has 0 nitrogen and oxygen atoms in total. The van der Waals surface area contributed by atoms with Gasteiger partial charge in [0.25, 0.3) is 0 Å². The molecule has 4 rings (SSSR count). The zero-order chi connectivity index (χ0) is 17.7. The summed E-state index contributed by atoms with van der Waals surface area (Å²) in [7, 11) is -1.78. The maximum atomic E-state index is 2.30. The van der Waals surface area contributed by atoms with E-state index in [0.717, 1.165) is 6.16 Å². The molecule has 0 atom stereocenters. The Morgan fingerprint density at radius 2 is 0.655 bits per heavy atom. The van der Waals surface area contributed by atoms with E-state index in [0.29, 0.717) is 0 Å². The van der Waals surface area contributed by atoms with Gasteiger partial charge in [-0.3, -0.25) is 0 Å². The lowest BCUT2D eigenvalue weighted by molar-refractivity contribution is 1.39. The summed E-state index contributed by atoms with van der Waals surface area (Å²) in [6, 6.07) is 44.0. The SMILES string of the molecule is Cl.Cl.Cl.c1ccc(C[P+](c2ccccc2)(c2ccccc2)c2ccccc2)cc1. The summed E-state index contributed by atoms with van der Waals surface area (Å²) in [4.78, 5) is 0. The third kappa shape index (κ3) is 5.41. The summed E-state index contributed by atoms with van der Waals surface area (Å²) in [5.74, 6) is 0. The van der Waals surface area contributed by atoms with E-state index in [2.05, 4.69) is 121 Å². The van der Waals surface area contributed by atoms with E-state index in [1.54, 1.807) is 0 Å². The van der Waals surface area contributed by atoms with Crippen LogP contribution < -0.4 is 15.9 Å². The van der Waals surface area contributed by atoms with Gasteiger partial charge in [-0.25, -0.2) is 0 Å². The van der Waals surface area contributed by atoms with E-state index in [1.807, 2.05) is 0 Å². The van der Waals surface area contributed by atoms with E-state index in [4.69, 9.17) is 0 Å². The fourth-order valence-corrected chi connectivity index (χ4v) is 7.87. The molecule has 150 valence electrons. The van der Waals surface area contributed by atoms with Crippen LogP contribution in [-0.2, 0) is 6.16 Å². The van der Waals surface area contributed by atoms with Crippen molar-refractivity contribution in [2.24, 2.45) is 0 Å². The summed E-state index contributed by atoms with van der Waals surface area (Å²) < 4.78 is 0. The number of hydrogen-bond acceptors (Lipinski definition) is 0. The minimum atomic E-state index is -1.78. The predicted octanol–water partition coefficient (Wildman–Crippen LogP) is 6.45. The minimum Gasteiger partial charge on any atom is -0.147 e. The molecular formula is C25H25Cl3P+. The third-order valence-electron chi connectivity index (χ3n) is 4.85. The molecule has 0 saturated carbocycles. The normalized spacial score (nSPS) is 10.1. The quantitative estimate of drug-likeness (QED) is 0.299. The molecule has 4 aromatic rings. The molecule has 4 heteroatoms. The Balaban J connectivity index is 0.00000140. The molecule has 0 radical (unpaired) electrons. The van der Waals surface area contributed by atoms with Crippen LogP contribution >= 0.6 is 44.5 Å². The van der Waals surface area contributed by atoms with Gasteiger partial charge in [-0.15, -0.1) is 37.2 Å². The molecule has 0 saturated heterocycles. The van der Waals surface area contributed by atoms with Crippen molar-refractivity contribution in [3.63, 3.8) is 0 Å². The molecule has 0 fully saturated rings. The zero-order valence-corrected chi connectivity index (χ0v) is 19.3. The molecule has 0 aliphatic rings. The Hall–Kier alpha value is -1.82. The summed E-state index contributed by atoms with van der Waals surface area (Å²) in [6.45, 7) is 0. The second-order valence-electron chi connectivity index (χ2n) is 6.46. The Morgan fingerprint density at radius 1 is 0.379 bits per heavy atom. The van der Waals surface area contributed by atoms with Crippen LogP contribution in [0, 0.1) is 0 Å². The second-order valence-corrected chi connectivity index (χ2v) is 9.95. The minimum absolute atomic E-state index is 0. The van der Waals surface area contributed by atoms with E-state index < -0.39 is 7.26 Å². The van der Waals surface area contributed by atoms with Crippen molar-refractivity contribution in [2.45, 2.75) is 6.16 Å². The average Bonchev–Trinajstić information content (AvgIpc) is 2.75. The molecule has 0 bridgehead atoms. The third-order valence-corrected chi connectivity index (χ3v) is 9.23. The molecule has 0 heterocycles. The van der Waals surface area contributed by atoms with Gasteiger partial charge in [-0.05, 0) is 42.0 Å². The van der Waals surface area contributed by atoms with Crippen molar-refractivity contribution in [3.8, 4) is 0 Å².